The second-order valence-corrected chi connectivity index (χ2v) is 5.12. The fourth-order valence-corrected chi connectivity index (χ4v) is 2.01. The predicted octanol–water partition coefficient (Wildman–Crippen LogP) is 4.59. The van der Waals surface area contributed by atoms with Gasteiger partial charge in [0.05, 0.1) is 6.42 Å². The van der Waals surface area contributed by atoms with Gasteiger partial charge >= 0.3 is 0 Å². The molecule has 0 heterocycles. The van der Waals surface area contributed by atoms with Crippen LogP contribution in [-0.4, -0.2) is 16.7 Å². The molecule has 0 bridgehead atoms. The number of azide groups is 1. The van der Waals surface area contributed by atoms with E-state index in [1.807, 2.05) is 0 Å². The number of rotatable bonds is 7. The van der Waals surface area contributed by atoms with Crippen LogP contribution in [-0.2, 0) is 9.59 Å². The smallest absolute Gasteiger partial charge is 0.163 e. The summed E-state index contributed by atoms with van der Waals surface area (Å²) in [6.07, 6.45) is 5.46. The molecule has 0 unspecified atom stereocenters. The van der Waals surface area contributed by atoms with Gasteiger partial charge in [-0.15, -0.1) is 0 Å². The monoisotopic (exact) mass is 333 g/mol. The lowest BCUT2D eigenvalue weighted by molar-refractivity contribution is -0.121. The fourth-order valence-electron chi connectivity index (χ4n) is 2.01. The van der Waals surface area contributed by atoms with Crippen molar-refractivity contribution in [2.75, 3.05) is 0 Å². The van der Waals surface area contributed by atoms with Gasteiger partial charge in [0.25, 0.3) is 0 Å². The number of carbonyl (C=O) groups excluding carboxylic acids is 2. The zero-order chi connectivity index (χ0) is 18.1. The maximum absolute atomic E-state index is 11.9. The van der Waals surface area contributed by atoms with E-state index in [0.29, 0.717) is 11.3 Å². The molecular formula is C19H15N3O3. The molecule has 0 aliphatic carbocycles. The molecule has 6 heteroatoms. The molecule has 6 nitrogen and oxygen atoms in total. The van der Waals surface area contributed by atoms with E-state index >= 15 is 0 Å². The maximum Gasteiger partial charge on any atom is 0.163 e. The van der Waals surface area contributed by atoms with Crippen molar-refractivity contribution >= 4 is 29.4 Å². The third-order valence-corrected chi connectivity index (χ3v) is 3.24. The summed E-state index contributed by atoms with van der Waals surface area (Å²) in [4.78, 5) is 26.4. The number of hydrogen-bond donors (Lipinski definition) is 1. The van der Waals surface area contributed by atoms with Crippen LogP contribution < -0.4 is 0 Å². The SMILES string of the molecule is [N-]=[N+]=Nc1ccccc1/C=C/C(=O)CC(=O)/C=C/c1ccc(O)cc1. The predicted molar refractivity (Wildman–Crippen MR) is 96.1 cm³/mol. The largest absolute Gasteiger partial charge is 0.508 e. The summed E-state index contributed by atoms with van der Waals surface area (Å²) in [6, 6.07) is 13.2. The van der Waals surface area contributed by atoms with Crippen LogP contribution in [0.15, 0.2) is 65.8 Å². The van der Waals surface area contributed by atoms with Crippen LogP contribution in [0.25, 0.3) is 22.6 Å². The first-order valence-corrected chi connectivity index (χ1v) is 7.43. The van der Waals surface area contributed by atoms with Crippen LogP contribution in [0.1, 0.15) is 17.5 Å². The Morgan fingerprint density at radius 3 is 2.32 bits per heavy atom. The number of phenolic OH excluding ortho intramolecular Hbond substituents is 1. The van der Waals surface area contributed by atoms with Gasteiger partial charge in [-0.1, -0.05) is 53.7 Å². The lowest BCUT2D eigenvalue weighted by atomic mass is 10.1. The number of aromatic hydroxyl groups is 1. The Bertz CT molecular complexity index is 877. The molecule has 0 atom stereocenters. The number of benzene rings is 2. The van der Waals surface area contributed by atoms with Gasteiger partial charge in [0.15, 0.2) is 11.6 Å². The Labute approximate surface area is 144 Å². The second-order valence-electron chi connectivity index (χ2n) is 5.12. The third-order valence-electron chi connectivity index (χ3n) is 3.24. The molecule has 25 heavy (non-hydrogen) atoms. The van der Waals surface area contributed by atoms with Crippen LogP contribution in [0, 0.1) is 0 Å². The van der Waals surface area contributed by atoms with Crippen molar-refractivity contribution in [3.05, 3.63) is 82.3 Å². The molecule has 2 rings (SSSR count). The quantitative estimate of drug-likeness (QED) is 0.263. The average molecular weight is 333 g/mol. The van der Waals surface area contributed by atoms with Gasteiger partial charge in [0.1, 0.15) is 5.75 Å². The lowest BCUT2D eigenvalue weighted by Gasteiger charge is -1.98. The zero-order valence-electron chi connectivity index (χ0n) is 13.2. The number of ketones is 2. The summed E-state index contributed by atoms with van der Waals surface area (Å²) >= 11 is 0. The van der Waals surface area contributed by atoms with Crippen molar-refractivity contribution in [2.45, 2.75) is 6.42 Å². The molecule has 124 valence electrons. The van der Waals surface area contributed by atoms with E-state index in [2.05, 4.69) is 10.0 Å². The molecule has 0 radical (unpaired) electrons. The van der Waals surface area contributed by atoms with Crippen LogP contribution >= 0.6 is 0 Å². The lowest BCUT2D eigenvalue weighted by Crippen LogP contribution is -2.01. The van der Waals surface area contributed by atoms with Crippen LogP contribution in [0.4, 0.5) is 5.69 Å². The van der Waals surface area contributed by atoms with Gasteiger partial charge in [-0.25, -0.2) is 0 Å². The minimum atomic E-state index is -0.351. The summed E-state index contributed by atoms with van der Waals surface area (Å²) in [5, 5.41) is 12.7. The Morgan fingerprint density at radius 1 is 1.00 bits per heavy atom. The molecule has 0 saturated carbocycles. The molecule has 0 amide bonds. The molecule has 0 aliphatic heterocycles. The van der Waals surface area contributed by atoms with Crippen molar-refractivity contribution in [1.82, 2.24) is 0 Å². The van der Waals surface area contributed by atoms with E-state index in [9.17, 15) is 14.7 Å². The van der Waals surface area contributed by atoms with Crippen molar-refractivity contribution < 1.29 is 14.7 Å². The first-order chi connectivity index (χ1) is 12.1. The van der Waals surface area contributed by atoms with E-state index in [4.69, 9.17) is 5.53 Å². The highest BCUT2D eigenvalue weighted by atomic mass is 16.3. The summed E-state index contributed by atoms with van der Waals surface area (Å²) < 4.78 is 0. The highest BCUT2D eigenvalue weighted by Gasteiger charge is 2.04. The van der Waals surface area contributed by atoms with Crippen molar-refractivity contribution in [1.29, 1.82) is 0 Å². The molecule has 0 aromatic heterocycles. The average Bonchev–Trinajstić information content (AvgIpc) is 2.61. The topological polar surface area (TPSA) is 103 Å². The standard InChI is InChI=1S/C19H15N3O3/c20-22-21-19-4-2-1-3-15(19)8-12-18(25)13-17(24)11-7-14-5-9-16(23)10-6-14/h1-12,23H,13H2/b11-7+,12-8+. The zero-order valence-corrected chi connectivity index (χ0v) is 13.2. The molecule has 2 aromatic rings. The number of hydrogen-bond acceptors (Lipinski definition) is 4. The summed E-state index contributed by atoms with van der Waals surface area (Å²) in [6.45, 7) is 0. The van der Waals surface area contributed by atoms with Gasteiger partial charge in [0, 0.05) is 10.6 Å². The van der Waals surface area contributed by atoms with E-state index in [-0.39, 0.29) is 23.7 Å². The van der Waals surface area contributed by atoms with E-state index in [1.54, 1.807) is 42.5 Å². The Morgan fingerprint density at radius 2 is 1.64 bits per heavy atom. The molecule has 0 saturated heterocycles. The number of nitrogens with zero attached hydrogens (tertiary/aromatic N) is 3. The summed E-state index contributed by atoms with van der Waals surface area (Å²) in [7, 11) is 0. The van der Waals surface area contributed by atoms with Crippen molar-refractivity contribution in [2.24, 2.45) is 5.11 Å². The normalized spacial score (nSPS) is 10.7. The van der Waals surface area contributed by atoms with Gasteiger partial charge in [-0.2, -0.15) is 0 Å². The van der Waals surface area contributed by atoms with E-state index < -0.39 is 0 Å². The first kappa shape index (κ1) is 17.7. The fraction of sp³-hybridized carbons (Fsp3) is 0.0526. The van der Waals surface area contributed by atoms with Crippen LogP contribution in [0.3, 0.4) is 0 Å². The Kier molecular flexibility index (Phi) is 6.28. The van der Waals surface area contributed by atoms with Crippen LogP contribution in [0.5, 0.6) is 5.75 Å². The Hall–Kier alpha value is -3.63. The number of allylic oxidation sites excluding steroid dienone is 2. The molecule has 0 spiro atoms. The van der Waals surface area contributed by atoms with Crippen molar-refractivity contribution in [3.63, 3.8) is 0 Å². The van der Waals surface area contributed by atoms with Gasteiger partial charge in [0.2, 0.25) is 0 Å². The number of carbonyl (C=O) groups is 2. The van der Waals surface area contributed by atoms with Gasteiger partial charge < -0.3 is 5.11 Å². The van der Waals surface area contributed by atoms with Gasteiger partial charge in [-0.05, 0) is 40.9 Å². The van der Waals surface area contributed by atoms with E-state index in [1.165, 1.54) is 30.4 Å². The summed E-state index contributed by atoms with van der Waals surface area (Å²) in [5.74, 6) is -0.535. The minimum Gasteiger partial charge on any atom is -0.508 e. The first-order valence-electron chi connectivity index (χ1n) is 7.43. The Balaban J connectivity index is 1.96. The molecular weight excluding hydrogens is 318 g/mol. The molecule has 1 N–H and O–H groups in total. The summed E-state index contributed by atoms with van der Waals surface area (Å²) in [5.41, 5.74) is 10.3. The van der Waals surface area contributed by atoms with Crippen molar-refractivity contribution in [3.8, 4) is 5.75 Å². The van der Waals surface area contributed by atoms with Crippen LogP contribution in [0.2, 0.25) is 0 Å². The van der Waals surface area contributed by atoms with Gasteiger partial charge in [-0.3, -0.25) is 9.59 Å². The second kappa shape index (κ2) is 8.86. The number of phenols is 1. The maximum atomic E-state index is 11.9. The molecule has 0 fully saturated rings. The molecule has 2 aromatic carbocycles. The third kappa shape index (κ3) is 5.82. The molecule has 0 aliphatic rings. The highest BCUT2D eigenvalue weighted by Crippen LogP contribution is 2.20. The highest BCUT2D eigenvalue weighted by molar-refractivity contribution is 6.11. The van der Waals surface area contributed by atoms with E-state index in [0.717, 1.165) is 5.56 Å². The minimum absolute atomic E-state index is 0.143.